The number of hydrogen-bond donors (Lipinski definition) is 2. The van der Waals surface area contributed by atoms with E-state index in [2.05, 4.69) is 23.9 Å². The van der Waals surface area contributed by atoms with E-state index in [1.807, 2.05) is 0 Å². The van der Waals surface area contributed by atoms with E-state index in [-0.39, 0.29) is 16.1 Å². The number of alkyl halides is 3. The minimum atomic E-state index is -4.59. The summed E-state index contributed by atoms with van der Waals surface area (Å²) in [4.78, 5) is 12.3. The Balaban J connectivity index is 2.13. The number of halogens is 3. The maximum Gasteiger partial charge on any atom is 0.416 e. The molecule has 0 bridgehead atoms. The Labute approximate surface area is 181 Å². The molecule has 0 aromatic heterocycles. The van der Waals surface area contributed by atoms with Gasteiger partial charge < -0.3 is 5.32 Å². The van der Waals surface area contributed by atoms with Crippen molar-refractivity contribution in [3.63, 3.8) is 0 Å². The van der Waals surface area contributed by atoms with Crippen LogP contribution in [0.5, 0.6) is 0 Å². The number of rotatable bonds is 10. The second-order valence-corrected chi connectivity index (χ2v) is 9.02. The number of amides is 1. The lowest BCUT2D eigenvalue weighted by atomic mass is 9.99. The Hall–Kier alpha value is -2.55. The minimum Gasteiger partial charge on any atom is -0.352 e. The van der Waals surface area contributed by atoms with Gasteiger partial charge >= 0.3 is 6.18 Å². The Bertz CT molecular complexity index is 991. The van der Waals surface area contributed by atoms with Crippen LogP contribution < -0.4 is 10.0 Å². The molecule has 170 valence electrons. The van der Waals surface area contributed by atoms with Crippen LogP contribution in [0.1, 0.15) is 55.5 Å². The zero-order valence-electron chi connectivity index (χ0n) is 17.5. The molecule has 2 aromatic rings. The lowest BCUT2D eigenvalue weighted by Crippen LogP contribution is -2.29. The zero-order chi connectivity index (χ0) is 23.1. The van der Waals surface area contributed by atoms with E-state index in [4.69, 9.17) is 0 Å². The summed E-state index contributed by atoms with van der Waals surface area (Å²) in [5.74, 6) is -0.0514. The molecule has 2 rings (SSSR count). The summed E-state index contributed by atoms with van der Waals surface area (Å²) in [5, 5.41) is 2.83. The first-order valence-electron chi connectivity index (χ1n) is 10.1. The van der Waals surface area contributed by atoms with Crippen LogP contribution in [0.3, 0.4) is 0 Å². The Morgan fingerprint density at radius 1 is 1.06 bits per heavy atom. The van der Waals surface area contributed by atoms with Crippen molar-refractivity contribution >= 4 is 21.6 Å². The molecule has 0 aliphatic carbocycles. The third-order valence-electron chi connectivity index (χ3n) is 4.94. The largest absolute Gasteiger partial charge is 0.416 e. The molecule has 0 aliphatic rings. The van der Waals surface area contributed by atoms with Crippen LogP contribution in [0.25, 0.3) is 0 Å². The topological polar surface area (TPSA) is 75.3 Å². The van der Waals surface area contributed by atoms with Gasteiger partial charge in [0, 0.05) is 17.8 Å². The molecule has 9 heteroatoms. The number of nitrogens with one attached hydrogen (secondary N) is 2. The van der Waals surface area contributed by atoms with E-state index in [1.54, 1.807) is 0 Å². The van der Waals surface area contributed by atoms with Crippen molar-refractivity contribution in [2.45, 2.75) is 50.6 Å². The SMILES string of the molecule is CCCCC(CC)CNC(=O)c1cccc(S(=O)(=O)Nc2cccc(C(F)(F)F)c2)c1. The number of carbonyl (C=O) groups is 1. The van der Waals surface area contributed by atoms with E-state index < -0.39 is 27.7 Å². The first-order valence-corrected chi connectivity index (χ1v) is 11.6. The van der Waals surface area contributed by atoms with E-state index in [0.29, 0.717) is 12.5 Å². The van der Waals surface area contributed by atoms with Crippen LogP contribution >= 0.6 is 0 Å². The molecule has 0 saturated heterocycles. The molecule has 31 heavy (non-hydrogen) atoms. The number of unbranched alkanes of at least 4 members (excludes halogenated alkanes) is 1. The average molecular weight is 457 g/mol. The maximum absolute atomic E-state index is 12.9. The van der Waals surface area contributed by atoms with Gasteiger partial charge in [0.25, 0.3) is 15.9 Å². The summed E-state index contributed by atoms with van der Waals surface area (Å²) in [5.41, 5.74) is -1.02. The molecule has 0 heterocycles. The van der Waals surface area contributed by atoms with Gasteiger partial charge in [-0.2, -0.15) is 13.2 Å². The third kappa shape index (κ3) is 7.27. The minimum absolute atomic E-state index is 0.164. The second kappa shape index (κ2) is 10.7. The predicted octanol–water partition coefficient (Wildman–Crippen LogP) is 5.45. The standard InChI is InChI=1S/C22H27F3N2O3S/c1-3-5-8-16(4-2)15-26-21(28)17-9-6-12-20(13-17)31(29,30)27-19-11-7-10-18(14-19)22(23,24)25/h6-7,9-14,16,27H,3-5,8,15H2,1-2H3,(H,26,28). The Kier molecular flexibility index (Phi) is 8.50. The predicted molar refractivity (Wildman–Crippen MR) is 114 cm³/mol. The molecule has 1 unspecified atom stereocenters. The van der Waals surface area contributed by atoms with Gasteiger partial charge in [0.2, 0.25) is 0 Å². The molecular formula is C22H27F3N2O3S. The highest BCUT2D eigenvalue weighted by Gasteiger charge is 2.30. The number of carbonyl (C=O) groups excluding carboxylic acids is 1. The van der Waals surface area contributed by atoms with Crippen molar-refractivity contribution in [3.05, 3.63) is 59.7 Å². The maximum atomic E-state index is 12.9. The molecule has 0 spiro atoms. The second-order valence-electron chi connectivity index (χ2n) is 7.34. The summed E-state index contributed by atoms with van der Waals surface area (Å²) < 4.78 is 66.0. The van der Waals surface area contributed by atoms with Crippen molar-refractivity contribution < 1.29 is 26.4 Å². The van der Waals surface area contributed by atoms with Gasteiger partial charge in [-0.25, -0.2) is 8.42 Å². The molecule has 0 aliphatic heterocycles. The molecule has 2 aromatic carbocycles. The summed E-state index contributed by atoms with van der Waals surface area (Å²) in [6.07, 6.45) is -0.516. The van der Waals surface area contributed by atoms with Gasteiger partial charge in [-0.1, -0.05) is 45.2 Å². The molecule has 1 amide bonds. The number of hydrogen-bond acceptors (Lipinski definition) is 3. The normalized spacial score (nSPS) is 12.9. The smallest absolute Gasteiger partial charge is 0.352 e. The molecule has 0 saturated carbocycles. The Morgan fingerprint density at radius 3 is 2.42 bits per heavy atom. The lowest BCUT2D eigenvalue weighted by Gasteiger charge is -2.15. The van der Waals surface area contributed by atoms with E-state index >= 15 is 0 Å². The van der Waals surface area contributed by atoms with E-state index in [9.17, 15) is 26.4 Å². The van der Waals surface area contributed by atoms with Gasteiger partial charge in [-0.3, -0.25) is 9.52 Å². The van der Waals surface area contributed by atoms with Crippen LogP contribution in [0, 0.1) is 5.92 Å². The summed E-state index contributed by atoms with van der Waals surface area (Å²) >= 11 is 0. The van der Waals surface area contributed by atoms with Crippen molar-refractivity contribution in [1.29, 1.82) is 0 Å². The molecule has 1 atom stereocenters. The highest BCUT2D eigenvalue weighted by atomic mass is 32.2. The summed E-state index contributed by atoms with van der Waals surface area (Å²) in [6.45, 7) is 4.65. The van der Waals surface area contributed by atoms with Crippen LogP contribution in [0.4, 0.5) is 18.9 Å². The molecule has 0 fully saturated rings. The molecule has 5 nitrogen and oxygen atoms in total. The van der Waals surface area contributed by atoms with Crippen molar-refractivity contribution in [3.8, 4) is 0 Å². The van der Waals surface area contributed by atoms with Crippen LogP contribution in [-0.4, -0.2) is 20.9 Å². The Morgan fingerprint density at radius 2 is 1.77 bits per heavy atom. The van der Waals surface area contributed by atoms with Crippen LogP contribution in [0.15, 0.2) is 53.4 Å². The van der Waals surface area contributed by atoms with Gasteiger partial charge in [0.15, 0.2) is 0 Å². The van der Waals surface area contributed by atoms with Crippen molar-refractivity contribution in [1.82, 2.24) is 5.32 Å². The molecular weight excluding hydrogens is 429 g/mol. The lowest BCUT2D eigenvalue weighted by molar-refractivity contribution is -0.137. The number of sulfonamides is 1. The summed E-state index contributed by atoms with van der Waals surface area (Å²) in [7, 11) is -4.18. The monoisotopic (exact) mass is 456 g/mol. The number of benzene rings is 2. The fourth-order valence-corrected chi connectivity index (χ4v) is 4.15. The van der Waals surface area contributed by atoms with Crippen molar-refractivity contribution in [2.24, 2.45) is 5.92 Å². The first kappa shape index (κ1) is 24.7. The van der Waals surface area contributed by atoms with Crippen LogP contribution in [0.2, 0.25) is 0 Å². The van der Waals surface area contributed by atoms with Gasteiger partial charge in [-0.05, 0) is 48.7 Å². The quantitative estimate of drug-likeness (QED) is 0.499. The van der Waals surface area contributed by atoms with Crippen molar-refractivity contribution in [2.75, 3.05) is 11.3 Å². The molecule has 0 radical (unpaired) electrons. The highest BCUT2D eigenvalue weighted by molar-refractivity contribution is 7.92. The average Bonchev–Trinajstić information content (AvgIpc) is 2.73. The van der Waals surface area contributed by atoms with Gasteiger partial charge in [0.1, 0.15) is 0 Å². The van der Waals surface area contributed by atoms with Gasteiger partial charge in [-0.15, -0.1) is 0 Å². The van der Waals surface area contributed by atoms with E-state index in [1.165, 1.54) is 30.3 Å². The molecule has 2 N–H and O–H groups in total. The summed E-state index contributed by atoms with van der Waals surface area (Å²) in [6, 6.07) is 9.32. The zero-order valence-corrected chi connectivity index (χ0v) is 18.3. The van der Waals surface area contributed by atoms with Gasteiger partial charge in [0.05, 0.1) is 10.5 Å². The fraction of sp³-hybridized carbons (Fsp3) is 0.409. The fourth-order valence-electron chi connectivity index (χ4n) is 3.06. The van der Waals surface area contributed by atoms with E-state index in [0.717, 1.165) is 43.9 Å². The highest BCUT2D eigenvalue weighted by Crippen LogP contribution is 2.31. The van der Waals surface area contributed by atoms with Crippen LogP contribution in [-0.2, 0) is 16.2 Å². The first-order chi connectivity index (χ1) is 14.6. The third-order valence-corrected chi connectivity index (χ3v) is 6.32. The number of anilines is 1.